The number of amides is 1. The highest BCUT2D eigenvalue weighted by molar-refractivity contribution is 6.04. The van der Waals surface area contributed by atoms with Crippen LogP contribution in [0.15, 0.2) is 54.6 Å². The van der Waals surface area contributed by atoms with Gasteiger partial charge in [-0.1, -0.05) is 24.3 Å². The fourth-order valence-corrected chi connectivity index (χ4v) is 2.69. The molecule has 0 atom stereocenters. The summed E-state index contributed by atoms with van der Waals surface area (Å²) >= 11 is 0. The van der Waals surface area contributed by atoms with Gasteiger partial charge in [-0.15, -0.1) is 10.2 Å². The van der Waals surface area contributed by atoms with Gasteiger partial charge in [0.05, 0.1) is 14.2 Å². The first-order chi connectivity index (χ1) is 13.6. The van der Waals surface area contributed by atoms with E-state index in [1.54, 1.807) is 32.4 Å². The average Bonchev–Trinajstić information content (AvgIpc) is 2.73. The molecule has 0 spiro atoms. The minimum absolute atomic E-state index is 0.210. The van der Waals surface area contributed by atoms with Crippen LogP contribution in [0.5, 0.6) is 11.5 Å². The fourth-order valence-electron chi connectivity index (χ4n) is 2.69. The maximum atomic E-state index is 12.3. The highest BCUT2D eigenvalue weighted by Gasteiger charge is 2.10. The van der Waals surface area contributed by atoms with Crippen molar-refractivity contribution in [1.82, 2.24) is 10.2 Å². The van der Waals surface area contributed by atoms with E-state index >= 15 is 0 Å². The molecule has 7 nitrogen and oxygen atoms in total. The molecule has 0 aliphatic rings. The van der Waals surface area contributed by atoms with Crippen molar-refractivity contribution in [3.8, 4) is 11.5 Å². The number of nitrogens with zero attached hydrogens (tertiary/aromatic N) is 2. The molecular weight excluding hydrogens is 356 g/mol. The van der Waals surface area contributed by atoms with E-state index in [4.69, 9.17) is 9.47 Å². The third-order valence-corrected chi connectivity index (χ3v) is 4.22. The minimum Gasteiger partial charge on any atom is -0.493 e. The maximum absolute atomic E-state index is 12.3. The first-order valence-corrected chi connectivity index (χ1v) is 8.76. The van der Waals surface area contributed by atoms with Gasteiger partial charge in [0.15, 0.2) is 17.3 Å². The summed E-state index contributed by atoms with van der Waals surface area (Å²) in [5, 5.41) is 14.1. The van der Waals surface area contributed by atoms with E-state index in [1.165, 1.54) is 0 Å². The average molecular weight is 378 g/mol. The molecule has 0 saturated carbocycles. The highest BCUT2D eigenvalue weighted by atomic mass is 16.5. The zero-order valence-electron chi connectivity index (χ0n) is 16.0. The molecule has 3 rings (SSSR count). The van der Waals surface area contributed by atoms with Crippen molar-refractivity contribution in [1.29, 1.82) is 0 Å². The Balaban J connectivity index is 1.60. The normalized spacial score (nSPS) is 10.2. The first kappa shape index (κ1) is 19.2. The molecule has 0 saturated heterocycles. The van der Waals surface area contributed by atoms with Crippen LogP contribution in [0, 0.1) is 6.92 Å². The van der Waals surface area contributed by atoms with Crippen LogP contribution >= 0.6 is 0 Å². The predicted octanol–water partition coefficient (Wildman–Crippen LogP) is 3.67. The second-order valence-electron chi connectivity index (χ2n) is 6.12. The van der Waals surface area contributed by atoms with Crippen molar-refractivity contribution in [3.05, 3.63) is 71.3 Å². The number of benzene rings is 2. The Hall–Kier alpha value is -3.61. The number of hydrogen-bond acceptors (Lipinski definition) is 6. The van der Waals surface area contributed by atoms with Gasteiger partial charge in [-0.3, -0.25) is 4.79 Å². The molecule has 0 radical (unpaired) electrons. The number of aryl methyl sites for hydroxylation is 1. The van der Waals surface area contributed by atoms with E-state index in [9.17, 15) is 4.79 Å². The second kappa shape index (κ2) is 8.85. The standard InChI is InChI=1S/C21H22N4O3/c1-14-6-4-5-7-16(14)21(26)23-20-11-10-19(24-25-20)22-13-15-8-9-17(27-2)18(12-15)28-3/h4-12H,13H2,1-3H3,(H,22,24)(H,23,25,26). The van der Waals surface area contributed by atoms with Crippen LogP contribution in [-0.4, -0.2) is 30.3 Å². The number of ether oxygens (including phenoxy) is 2. The molecule has 144 valence electrons. The number of carbonyl (C=O) groups excluding carboxylic acids is 1. The summed E-state index contributed by atoms with van der Waals surface area (Å²) in [7, 11) is 3.20. The molecule has 2 N–H and O–H groups in total. The van der Waals surface area contributed by atoms with Gasteiger partial charge in [0.2, 0.25) is 0 Å². The van der Waals surface area contributed by atoms with E-state index in [0.717, 1.165) is 11.1 Å². The third-order valence-electron chi connectivity index (χ3n) is 4.22. The number of nitrogens with one attached hydrogen (secondary N) is 2. The van der Waals surface area contributed by atoms with Crippen LogP contribution in [0.1, 0.15) is 21.5 Å². The maximum Gasteiger partial charge on any atom is 0.257 e. The van der Waals surface area contributed by atoms with Gasteiger partial charge in [-0.25, -0.2) is 0 Å². The summed E-state index contributed by atoms with van der Waals surface area (Å²) in [6.07, 6.45) is 0. The van der Waals surface area contributed by atoms with E-state index < -0.39 is 0 Å². The number of aromatic nitrogens is 2. The summed E-state index contributed by atoms with van der Waals surface area (Å²) in [6.45, 7) is 2.44. The Morgan fingerprint density at radius 1 is 0.929 bits per heavy atom. The summed E-state index contributed by atoms with van der Waals surface area (Å²) in [4.78, 5) is 12.3. The Kier molecular flexibility index (Phi) is 6.06. The van der Waals surface area contributed by atoms with E-state index in [0.29, 0.717) is 35.2 Å². The van der Waals surface area contributed by atoms with E-state index in [-0.39, 0.29) is 5.91 Å². The molecule has 0 bridgehead atoms. The smallest absolute Gasteiger partial charge is 0.257 e. The second-order valence-corrected chi connectivity index (χ2v) is 6.12. The number of methoxy groups -OCH3 is 2. The molecule has 2 aromatic carbocycles. The molecule has 3 aromatic rings. The highest BCUT2D eigenvalue weighted by Crippen LogP contribution is 2.27. The predicted molar refractivity (Wildman–Crippen MR) is 108 cm³/mol. The molecule has 0 aliphatic heterocycles. The molecule has 1 heterocycles. The third kappa shape index (κ3) is 4.56. The van der Waals surface area contributed by atoms with Crippen LogP contribution in [-0.2, 0) is 6.54 Å². The Bertz CT molecular complexity index is 958. The lowest BCUT2D eigenvalue weighted by Crippen LogP contribution is -2.14. The van der Waals surface area contributed by atoms with Gasteiger partial charge in [0.1, 0.15) is 5.82 Å². The lowest BCUT2D eigenvalue weighted by atomic mass is 10.1. The topological polar surface area (TPSA) is 85.4 Å². The van der Waals surface area contributed by atoms with Gasteiger partial charge < -0.3 is 20.1 Å². The van der Waals surface area contributed by atoms with Crippen molar-refractivity contribution in [2.45, 2.75) is 13.5 Å². The quantitative estimate of drug-likeness (QED) is 0.653. The fraction of sp³-hybridized carbons (Fsp3) is 0.190. The molecule has 0 unspecified atom stereocenters. The summed E-state index contributed by atoms with van der Waals surface area (Å²) in [5.41, 5.74) is 2.53. The van der Waals surface area contributed by atoms with Gasteiger partial charge in [0, 0.05) is 12.1 Å². The van der Waals surface area contributed by atoms with E-state index in [2.05, 4.69) is 20.8 Å². The number of rotatable bonds is 7. The summed E-state index contributed by atoms with van der Waals surface area (Å²) in [6, 6.07) is 16.6. The Labute approximate surface area is 163 Å². The van der Waals surface area contributed by atoms with Crippen molar-refractivity contribution in [3.63, 3.8) is 0 Å². The molecule has 28 heavy (non-hydrogen) atoms. The molecule has 1 aromatic heterocycles. The lowest BCUT2D eigenvalue weighted by Gasteiger charge is -2.11. The SMILES string of the molecule is COc1ccc(CNc2ccc(NC(=O)c3ccccc3C)nn2)cc1OC. The monoisotopic (exact) mass is 378 g/mol. The number of hydrogen-bond donors (Lipinski definition) is 2. The van der Waals surface area contributed by atoms with Gasteiger partial charge in [-0.2, -0.15) is 0 Å². The van der Waals surface area contributed by atoms with Crippen LogP contribution in [0.3, 0.4) is 0 Å². The van der Waals surface area contributed by atoms with Crippen molar-refractivity contribution < 1.29 is 14.3 Å². The zero-order chi connectivity index (χ0) is 19.9. The lowest BCUT2D eigenvalue weighted by molar-refractivity contribution is 0.102. The summed E-state index contributed by atoms with van der Waals surface area (Å²) in [5.74, 6) is 2.13. The van der Waals surface area contributed by atoms with E-state index in [1.807, 2.05) is 43.3 Å². The molecule has 0 fully saturated rings. The minimum atomic E-state index is -0.210. The van der Waals surface area contributed by atoms with Gasteiger partial charge >= 0.3 is 0 Å². The number of carbonyl (C=O) groups is 1. The molecule has 7 heteroatoms. The Morgan fingerprint density at radius 2 is 1.64 bits per heavy atom. The van der Waals surface area contributed by atoms with Crippen molar-refractivity contribution >= 4 is 17.5 Å². The van der Waals surface area contributed by atoms with Crippen molar-refractivity contribution in [2.24, 2.45) is 0 Å². The van der Waals surface area contributed by atoms with Gasteiger partial charge in [-0.05, 0) is 48.4 Å². The largest absolute Gasteiger partial charge is 0.493 e. The van der Waals surface area contributed by atoms with Crippen LogP contribution in [0.2, 0.25) is 0 Å². The zero-order valence-corrected chi connectivity index (χ0v) is 16.0. The first-order valence-electron chi connectivity index (χ1n) is 8.76. The van der Waals surface area contributed by atoms with Crippen LogP contribution in [0.4, 0.5) is 11.6 Å². The molecular formula is C21H22N4O3. The van der Waals surface area contributed by atoms with Crippen LogP contribution in [0.25, 0.3) is 0 Å². The summed E-state index contributed by atoms with van der Waals surface area (Å²) < 4.78 is 10.5. The van der Waals surface area contributed by atoms with Crippen LogP contribution < -0.4 is 20.1 Å². The van der Waals surface area contributed by atoms with Gasteiger partial charge in [0.25, 0.3) is 5.91 Å². The molecule has 1 amide bonds. The van der Waals surface area contributed by atoms with Crippen molar-refractivity contribution in [2.75, 3.05) is 24.9 Å². The number of anilines is 2. The molecule has 0 aliphatic carbocycles. The Morgan fingerprint density at radius 3 is 2.32 bits per heavy atom.